The number of imide groups is 1. The molecule has 2 heterocycles. The number of hydrogen-bond acceptors (Lipinski definition) is 6. The standard InChI is InChI=1S/C17H17N5O3/c18-14-13(19-8-9-20-14)15(23)21-7-3-4-10-22-16(24)11-5-1-2-6-12(11)17(22)25/h1-2,5-6,8-9H,3-4,7,10H2,(H2,18,20)(H,21,23). The first-order valence-electron chi connectivity index (χ1n) is 7.89. The molecule has 2 aromatic rings. The highest BCUT2D eigenvalue weighted by atomic mass is 16.2. The van der Waals surface area contributed by atoms with Crippen LogP contribution < -0.4 is 11.1 Å². The average molecular weight is 339 g/mol. The van der Waals surface area contributed by atoms with Crippen molar-refractivity contribution in [3.05, 3.63) is 53.5 Å². The number of amides is 3. The summed E-state index contributed by atoms with van der Waals surface area (Å²) in [5.41, 5.74) is 6.56. The van der Waals surface area contributed by atoms with Crippen LogP contribution in [0.5, 0.6) is 0 Å². The molecule has 3 N–H and O–H groups in total. The van der Waals surface area contributed by atoms with Gasteiger partial charge in [-0.2, -0.15) is 0 Å². The lowest BCUT2D eigenvalue weighted by atomic mass is 10.1. The van der Waals surface area contributed by atoms with Crippen LogP contribution in [-0.2, 0) is 0 Å². The van der Waals surface area contributed by atoms with Gasteiger partial charge in [0.2, 0.25) is 0 Å². The number of nitrogen functional groups attached to an aromatic ring is 1. The van der Waals surface area contributed by atoms with Crippen LogP contribution in [0.3, 0.4) is 0 Å². The summed E-state index contributed by atoms with van der Waals surface area (Å²) in [4.78, 5) is 45.3. The molecule has 3 rings (SSSR count). The minimum Gasteiger partial charge on any atom is -0.382 e. The monoisotopic (exact) mass is 339 g/mol. The van der Waals surface area contributed by atoms with Crippen molar-refractivity contribution in [3.63, 3.8) is 0 Å². The molecule has 0 saturated heterocycles. The van der Waals surface area contributed by atoms with Gasteiger partial charge in [-0.15, -0.1) is 0 Å². The fourth-order valence-electron chi connectivity index (χ4n) is 2.65. The number of nitrogens with one attached hydrogen (secondary N) is 1. The molecule has 0 atom stereocenters. The minimum atomic E-state index is -0.397. The third-order valence-electron chi connectivity index (χ3n) is 3.91. The van der Waals surface area contributed by atoms with Gasteiger partial charge < -0.3 is 11.1 Å². The predicted molar refractivity (Wildman–Crippen MR) is 89.8 cm³/mol. The summed E-state index contributed by atoms with van der Waals surface area (Å²) in [7, 11) is 0. The summed E-state index contributed by atoms with van der Waals surface area (Å²) >= 11 is 0. The van der Waals surface area contributed by atoms with Gasteiger partial charge in [-0.05, 0) is 25.0 Å². The van der Waals surface area contributed by atoms with E-state index in [4.69, 9.17) is 5.73 Å². The van der Waals surface area contributed by atoms with Crippen molar-refractivity contribution >= 4 is 23.5 Å². The minimum absolute atomic E-state index is 0.0750. The van der Waals surface area contributed by atoms with Gasteiger partial charge in [-0.25, -0.2) is 9.97 Å². The third kappa shape index (κ3) is 3.32. The molecule has 0 unspecified atom stereocenters. The molecule has 0 radical (unpaired) electrons. The molecular formula is C17H17N5O3. The van der Waals surface area contributed by atoms with Gasteiger partial charge >= 0.3 is 0 Å². The molecule has 1 aliphatic heterocycles. The molecule has 25 heavy (non-hydrogen) atoms. The number of anilines is 1. The van der Waals surface area contributed by atoms with Gasteiger partial charge in [0.15, 0.2) is 11.5 Å². The Balaban J connectivity index is 1.45. The topological polar surface area (TPSA) is 118 Å². The van der Waals surface area contributed by atoms with Gasteiger partial charge in [0, 0.05) is 25.5 Å². The maximum atomic E-state index is 12.2. The molecule has 0 bridgehead atoms. The summed E-state index contributed by atoms with van der Waals surface area (Å²) in [5.74, 6) is -0.855. The average Bonchev–Trinajstić information content (AvgIpc) is 2.86. The Kier molecular flexibility index (Phi) is 4.69. The molecule has 0 spiro atoms. The van der Waals surface area contributed by atoms with E-state index in [1.807, 2.05) is 0 Å². The van der Waals surface area contributed by atoms with Gasteiger partial charge in [-0.3, -0.25) is 19.3 Å². The maximum Gasteiger partial charge on any atom is 0.273 e. The molecular weight excluding hydrogens is 322 g/mol. The number of benzene rings is 1. The van der Waals surface area contributed by atoms with Crippen LogP contribution >= 0.6 is 0 Å². The summed E-state index contributed by atoms with van der Waals surface area (Å²) in [6.45, 7) is 0.702. The Morgan fingerprint density at radius 3 is 2.32 bits per heavy atom. The summed E-state index contributed by atoms with van der Waals surface area (Å²) in [6, 6.07) is 6.78. The van der Waals surface area contributed by atoms with Crippen LogP contribution in [0.1, 0.15) is 44.0 Å². The molecule has 0 fully saturated rings. The van der Waals surface area contributed by atoms with Crippen LogP contribution in [0.2, 0.25) is 0 Å². The van der Waals surface area contributed by atoms with E-state index < -0.39 is 5.91 Å². The second kappa shape index (κ2) is 7.08. The van der Waals surface area contributed by atoms with Crippen molar-refractivity contribution in [3.8, 4) is 0 Å². The first kappa shape index (κ1) is 16.6. The lowest BCUT2D eigenvalue weighted by molar-refractivity contribution is 0.0650. The zero-order valence-corrected chi connectivity index (χ0v) is 13.4. The van der Waals surface area contributed by atoms with Crippen molar-refractivity contribution in [1.82, 2.24) is 20.2 Å². The molecule has 8 heteroatoms. The van der Waals surface area contributed by atoms with Crippen LogP contribution in [0.15, 0.2) is 36.7 Å². The number of aromatic nitrogens is 2. The van der Waals surface area contributed by atoms with Gasteiger partial charge in [0.05, 0.1) is 11.1 Å². The van der Waals surface area contributed by atoms with Crippen molar-refractivity contribution in [1.29, 1.82) is 0 Å². The van der Waals surface area contributed by atoms with E-state index in [-0.39, 0.29) is 23.3 Å². The Morgan fingerprint density at radius 1 is 1.04 bits per heavy atom. The highest BCUT2D eigenvalue weighted by Gasteiger charge is 2.34. The predicted octanol–water partition coefficient (Wildman–Crippen LogP) is 0.865. The van der Waals surface area contributed by atoms with E-state index >= 15 is 0 Å². The van der Waals surface area contributed by atoms with Crippen LogP contribution in [0.4, 0.5) is 5.82 Å². The second-order valence-electron chi connectivity index (χ2n) is 5.56. The number of nitrogens with two attached hydrogens (primary N) is 1. The first-order valence-corrected chi connectivity index (χ1v) is 7.89. The fraction of sp³-hybridized carbons (Fsp3) is 0.235. The molecule has 0 aliphatic carbocycles. The van der Waals surface area contributed by atoms with Gasteiger partial charge in [0.25, 0.3) is 17.7 Å². The number of fused-ring (bicyclic) bond motifs is 1. The number of rotatable bonds is 6. The highest BCUT2D eigenvalue weighted by Crippen LogP contribution is 2.22. The molecule has 128 valence electrons. The van der Waals surface area contributed by atoms with E-state index in [1.54, 1.807) is 24.3 Å². The zero-order chi connectivity index (χ0) is 17.8. The fourth-order valence-corrected chi connectivity index (χ4v) is 2.65. The smallest absolute Gasteiger partial charge is 0.273 e. The van der Waals surface area contributed by atoms with E-state index in [9.17, 15) is 14.4 Å². The molecule has 8 nitrogen and oxygen atoms in total. The second-order valence-corrected chi connectivity index (χ2v) is 5.56. The first-order chi connectivity index (χ1) is 12.1. The molecule has 1 aromatic heterocycles. The van der Waals surface area contributed by atoms with E-state index in [2.05, 4.69) is 15.3 Å². The van der Waals surface area contributed by atoms with E-state index in [0.717, 1.165) is 0 Å². The number of nitrogens with zero attached hydrogens (tertiary/aromatic N) is 3. The van der Waals surface area contributed by atoms with Crippen molar-refractivity contribution in [2.75, 3.05) is 18.8 Å². The van der Waals surface area contributed by atoms with Crippen molar-refractivity contribution in [2.24, 2.45) is 0 Å². The normalized spacial score (nSPS) is 13.0. The quantitative estimate of drug-likeness (QED) is 0.595. The van der Waals surface area contributed by atoms with Gasteiger partial charge in [-0.1, -0.05) is 12.1 Å². The molecule has 0 saturated carbocycles. The number of carbonyl (C=O) groups is 3. The summed E-state index contributed by atoms with van der Waals surface area (Å²) in [6.07, 6.45) is 4.00. The lowest BCUT2D eigenvalue weighted by Crippen LogP contribution is -2.32. The molecule has 1 aliphatic rings. The van der Waals surface area contributed by atoms with Crippen LogP contribution in [-0.4, -0.2) is 45.7 Å². The number of carbonyl (C=O) groups excluding carboxylic acids is 3. The Hall–Kier alpha value is -3.29. The summed E-state index contributed by atoms with van der Waals surface area (Å²) in [5, 5.41) is 2.69. The van der Waals surface area contributed by atoms with Gasteiger partial charge in [0.1, 0.15) is 0 Å². The van der Waals surface area contributed by atoms with E-state index in [1.165, 1.54) is 17.3 Å². The Bertz CT molecular complexity index is 802. The maximum absolute atomic E-state index is 12.2. The number of unbranched alkanes of at least 4 members (excludes halogenated alkanes) is 1. The van der Waals surface area contributed by atoms with E-state index in [0.29, 0.717) is 37.1 Å². The number of hydrogen-bond donors (Lipinski definition) is 2. The highest BCUT2D eigenvalue weighted by molar-refractivity contribution is 6.21. The van der Waals surface area contributed by atoms with Crippen LogP contribution in [0, 0.1) is 0 Å². The zero-order valence-electron chi connectivity index (χ0n) is 13.4. The molecule has 1 aromatic carbocycles. The largest absolute Gasteiger partial charge is 0.382 e. The van der Waals surface area contributed by atoms with Crippen molar-refractivity contribution < 1.29 is 14.4 Å². The lowest BCUT2D eigenvalue weighted by Gasteiger charge is -2.13. The molecule has 3 amide bonds. The Labute approximate surface area is 144 Å². The van der Waals surface area contributed by atoms with Crippen LogP contribution in [0.25, 0.3) is 0 Å². The third-order valence-corrected chi connectivity index (χ3v) is 3.91. The Morgan fingerprint density at radius 2 is 1.68 bits per heavy atom. The SMILES string of the molecule is Nc1nccnc1C(=O)NCCCCN1C(=O)c2ccccc2C1=O. The summed E-state index contributed by atoms with van der Waals surface area (Å²) < 4.78 is 0. The van der Waals surface area contributed by atoms with Crippen molar-refractivity contribution in [2.45, 2.75) is 12.8 Å².